The lowest BCUT2D eigenvalue weighted by Crippen LogP contribution is -2.37. The zero-order valence-electron chi connectivity index (χ0n) is 17.4. The van der Waals surface area contributed by atoms with Crippen molar-refractivity contribution in [2.75, 3.05) is 13.1 Å². The summed E-state index contributed by atoms with van der Waals surface area (Å²) in [6.07, 6.45) is 3.59. The molecule has 0 fully saturated rings. The molecule has 0 spiro atoms. The van der Waals surface area contributed by atoms with Crippen LogP contribution < -0.4 is 15.4 Å². The van der Waals surface area contributed by atoms with E-state index in [1.54, 1.807) is 0 Å². The second-order valence-electron chi connectivity index (χ2n) is 7.46. The third-order valence-electron chi connectivity index (χ3n) is 5.21. The molecule has 1 aromatic heterocycles. The summed E-state index contributed by atoms with van der Waals surface area (Å²) in [6.45, 7) is 1.74. The summed E-state index contributed by atoms with van der Waals surface area (Å²) >= 11 is 0. The first-order chi connectivity index (χ1) is 15.3. The number of hydrogen-bond acceptors (Lipinski definition) is 2. The third-order valence-corrected chi connectivity index (χ3v) is 5.21. The van der Waals surface area contributed by atoms with Crippen molar-refractivity contribution in [2.24, 2.45) is 0 Å². The number of benzene rings is 3. The Morgan fingerprint density at radius 3 is 2.23 bits per heavy atom. The molecule has 0 aliphatic carbocycles. The molecule has 1 heterocycles. The number of ether oxygens (including phenoxy) is 1. The van der Waals surface area contributed by atoms with Crippen LogP contribution in [0.1, 0.15) is 16.7 Å². The van der Waals surface area contributed by atoms with Crippen LogP contribution in [0, 0.1) is 0 Å². The van der Waals surface area contributed by atoms with E-state index in [0.29, 0.717) is 19.7 Å². The van der Waals surface area contributed by atoms with E-state index in [0.717, 1.165) is 35.1 Å². The lowest BCUT2D eigenvalue weighted by atomic mass is 10.1. The molecule has 3 N–H and O–H groups in total. The van der Waals surface area contributed by atoms with Gasteiger partial charge in [0.15, 0.2) is 0 Å². The van der Waals surface area contributed by atoms with Gasteiger partial charge in [0.2, 0.25) is 0 Å². The highest BCUT2D eigenvalue weighted by Gasteiger charge is 2.07. The Hall–Kier alpha value is -3.73. The normalized spacial score (nSPS) is 10.7. The van der Waals surface area contributed by atoms with E-state index in [9.17, 15) is 4.79 Å². The molecular formula is C26H27N3O2. The molecule has 0 unspecified atom stereocenters. The summed E-state index contributed by atoms with van der Waals surface area (Å²) in [4.78, 5) is 15.3. The maximum Gasteiger partial charge on any atom is 0.314 e. The van der Waals surface area contributed by atoms with Crippen molar-refractivity contribution >= 4 is 16.9 Å². The maximum absolute atomic E-state index is 12.0. The lowest BCUT2D eigenvalue weighted by molar-refractivity contribution is 0.241. The maximum atomic E-state index is 12.0. The molecule has 4 aromatic rings. The van der Waals surface area contributed by atoms with Crippen LogP contribution in [0.2, 0.25) is 0 Å². The van der Waals surface area contributed by atoms with Gasteiger partial charge in [0.05, 0.1) is 0 Å². The summed E-state index contributed by atoms with van der Waals surface area (Å²) in [7, 11) is 0. The number of aromatic nitrogens is 1. The summed E-state index contributed by atoms with van der Waals surface area (Å²) in [5.41, 5.74) is 4.57. The minimum atomic E-state index is -0.132. The van der Waals surface area contributed by atoms with Crippen LogP contribution in [0.5, 0.6) is 5.75 Å². The van der Waals surface area contributed by atoms with E-state index in [4.69, 9.17) is 4.74 Å². The average Bonchev–Trinajstić information content (AvgIpc) is 3.21. The zero-order chi connectivity index (χ0) is 21.3. The van der Waals surface area contributed by atoms with Gasteiger partial charge in [-0.3, -0.25) is 0 Å². The molecule has 0 saturated heterocycles. The van der Waals surface area contributed by atoms with Gasteiger partial charge in [-0.2, -0.15) is 0 Å². The van der Waals surface area contributed by atoms with Crippen molar-refractivity contribution in [2.45, 2.75) is 19.4 Å². The summed E-state index contributed by atoms with van der Waals surface area (Å²) in [5, 5.41) is 6.99. The molecule has 158 valence electrons. The molecule has 0 radical (unpaired) electrons. The Morgan fingerprint density at radius 1 is 0.806 bits per heavy atom. The average molecular weight is 414 g/mol. The van der Waals surface area contributed by atoms with E-state index >= 15 is 0 Å². The predicted molar refractivity (Wildman–Crippen MR) is 124 cm³/mol. The fraction of sp³-hybridized carbons (Fsp3) is 0.192. The number of hydrogen-bond donors (Lipinski definition) is 3. The van der Waals surface area contributed by atoms with Crippen LogP contribution in [0.15, 0.2) is 85.1 Å². The van der Waals surface area contributed by atoms with E-state index in [1.807, 2.05) is 54.7 Å². The molecule has 3 aromatic carbocycles. The summed E-state index contributed by atoms with van der Waals surface area (Å²) < 4.78 is 5.91. The molecule has 0 bridgehead atoms. The van der Waals surface area contributed by atoms with Crippen LogP contribution in [0.25, 0.3) is 10.9 Å². The second kappa shape index (κ2) is 10.3. The standard InChI is InChI=1S/C26H27N3O2/c30-26(27-15-13-20-7-3-1-4-8-20)28-16-14-22-18-29-25-17-23(11-12-24(22)25)31-19-21-9-5-2-6-10-21/h1-12,17-18,29H,13-16,19H2,(H2,27,28,30). The highest BCUT2D eigenvalue weighted by atomic mass is 16.5. The monoisotopic (exact) mass is 413 g/mol. The number of H-pyrrole nitrogens is 1. The van der Waals surface area contributed by atoms with Gasteiger partial charge in [-0.25, -0.2) is 4.79 Å². The van der Waals surface area contributed by atoms with Crippen LogP contribution in [-0.4, -0.2) is 24.1 Å². The van der Waals surface area contributed by atoms with E-state index in [1.165, 1.54) is 11.1 Å². The quantitative estimate of drug-likeness (QED) is 0.368. The number of urea groups is 1. The molecule has 31 heavy (non-hydrogen) atoms. The molecule has 0 aliphatic heterocycles. The van der Waals surface area contributed by atoms with Gasteiger partial charge >= 0.3 is 6.03 Å². The van der Waals surface area contributed by atoms with Crippen molar-refractivity contribution in [3.63, 3.8) is 0 Å². The Balaban J connectivity index is 1.23. The minimum Gasteiger partial charge on any atom is -0.489 e. The van der Waals surface area contributed by atoms with Crippen LogP contribution >= 0.6 is 0 Å². The van der Waals surface area contributed by atoms with Crippen LogP contribution in [0.4, 0.5) is 4.79 Å². The third kappa shape index (κ3) is 5.89. The number of amides is 2. The molecule has 2 amide bonds. The van der Waals surface area contributed by atoms with Crippen molar-refractivity contribution in [3.8, 4) is 5.75 Å². The number of carbonyl (C=O) groups is 1. The van der Waals surface area contributed by atoms with Crippen LogP contribution in [-0.2, 0) is 19.4 Å². The van der Waals surface area contributed by atoms with Gasteiger partial charge in [-0.05, 0) is 41.7 Å². The SMILES string of the molecule is O=C(NCCc1ccccc1)NCCc1c[nH]c2cc(OCc3ccccc3)ccc12. The van der Waals surface area contributed by atoms with E-state index in [2.05, 4.69) is 45.9 Å². The van der Waals surface area contributed by atoms with Gasteiger partial charge in [0.25, 0.3) is 0 Å². The molecule has 0 aliphatic rings. The Bertz CT molecular complexity index is 1110. The predicted octanol–water partition coefficient (Wildman–Crippen LogP) is 4.83. The van der Waals surface area contributed by atoms with E-state index in [-0.39, 0.29) is 6.03 Å². The number of aromatic amines is 1. The van der Waals surface area contributed by atoms with E-state index < -0.39 is 0 Å². The zero-order valence-corrected chi connectivity index (χ0v) is 17.4. The topological polar surface area (TPSA) is 66.2 Å². The molecule has 0 atom stereocenters. The fourth-order valence-electron chi connectivity index (χ4n) is 3.54. The smallest absolute Gasteiger partial charge is 0.314 e. The molecule has 5 nitrogen and oxygen atoms in total. The first-order valence-corrected chi connectivity index (χ1v) is 10.6. The molecule has 4 rings (SSSR count). The highest BCUT2D eigenvalue weighted by Crippen LogP contribution is 2.24. The lowest BCUT2D eigenvalue weighted by Gasteiger charge is -2.08. The van der Waals surface area contributed by atoms with Gasteiger partial charge in [0.1, 0.15) is 12.4 Å². The van der Waals surface area contributed by atoms with Crippen molar-refractivity contribution in [3.05, 3.63) is 102 Å². The highest BCUT2D eigenvalue weighted by molar-refractivity contribution is 5.84. The number of carbonyl (C=O) groups excluding carboxylic acids is 1. The van der Waals surface area contributed by atoms with Gasteiger partial charge in [-0.1, -0.05) is 60.7 Å². The Labute approximate surface area is 182 Å². The Morgan fingerprint density at radius 2 is 1.48 bits per heavy atom. The first kappa shape index (κ1) is 20.5. The first-order valence-electron chi connectivity index (χ1n) is 10.6. The second-order valence-corrected chi connectivity index (χ2v) is 7.46. The largest absolute Gasteiger partial charge is 0.489 e. The fourth-order valence-corrected chi connectivity index (χ4v) is 3.54. The van der Waals surface area contributed by atoms with Crippen molar-refractivity contribution in [1.29, 1.82) is 0 Å². The summed E-state index contributed by atoms with van der Waals surface area (Å²) in [5.74, 6) is 0.834. The minimum absolute atomic E-state index is 0.132. The van der Waals surface area contributed by atoms with Gasteiger partial charge in [0, 0.05) is 36.3 Å². The number of nitrogens with one attached hydrogen (secondary N) is 3. The van der Waals surface area contributed by atoms with Crippen molar-refractivity contribution < 1.29 is 9.53 Å². The van der Waals surface area contributed by atoms with Gasteiger partial charge in [-0.15, -0.1) is 0 Å². The summed E-state index contributed by atoms with van der Waals surface area (Å²) in [6, 6.07) is 26.2. The number of fused-ring (bicyclic) bond motifs is 1. The molecule has 0 saturated carbocycles. The molecular weight excluding hydrogens is 386 g/mol. The Kier molecular flexibility index (Phi) is 6.85. The number of rotatable bonds is 9. The van der Waals surface area contributed by atoms with Crippen LogP contribution in [0.3, 0.4) is 0 Å². The van der Waals surface area contributed by atoms with Gasteiger partial charge < -0.3 is 20.4 Å². The molecule has 5 heteroatoms. The van der Waals surface area contributed by atoms with Crippen molar-refractivity contribution in [1.82, 2.24) is 15.6 Å².